The zero-order chi connectivity index (χ0) is 52.7. The Labute approximate surface area is 418 Å². The summed E-state index contributed by atoms with van der Waals surface area (Å²) in [6.07, 6.45) is 18.6. The summed E-state index contributed by atoms with van der Waals surface area (Å²) in [6, 6.07) is 1.22. The van der Waals surface area contributed by atoms with Crippen LogP contribution in [0.1, 0.15) is 149 Å². The summed E-state index contributed by atoms with van der Waals surface area (Å²) in [5, 5.41) is 51.6. The predicted octanol–water partition coefficient (Wildman–Crippen LogP) is 6.55. The van der Waals surface area contributed by atoms with Crippen molar-refractivity contribution in [1.29, 1.82) is 0 Å². The summed E-state index contributed by atoms with van der Waals surface area (Å²) in [6.45, 7) is 3.97. The van der Waals surface area contributed by atoms with Crippen molar-refractivity contribution in [3.05, 3.63) is 71.4 Å². The van der Waals surface area contributed by atoms with Gasteiger partial charge in [-0.25, -0.2) is 13.9 Å². The predicted molar refractivity (Wildman–Crippen MR) is 265 cm³/mol. The van der Waals surface area contributed by atoms with Gasteiger partial charge in [-0.2, -0.15) is 9.29 Å². The highest BCUT2D eigenvalue weighted by Crippen LogP contribution is 2.60. The van der Waals surface area contributed by atoms with Crippen LogP contribution in [0.2, 0.25) is 0 Å². The number of carbonyl (C=O) groups excluding carboxylic acids is 2. The van der Waals surface area contributed by atoms with Gasteiger partial charge in [-0.15, -0.1) is 0 Å². The number of carbonyl (C=O) groups is 2. The summed E-state index contributed by atoms with van der Waals surface area (Å²) in [4.78, 5) is 61.9. The maximum Gasteiger partial charge on any atom is 0.481 e. The van der Waals surface area contributed by atoms with E-state index in [9.17, 15) is 58.8 Å². The van der Waals surface area contributed by atoms with Crippen molar-refractivity contribution in [2.75, 3.05) is 25.6 Å². The van der Waals surface area contributed by atoms with Gasteiger partial charge in [-0.1, -0.05) is 153 Å². The number of nitrogens with two attached hydrogens (primary N) is 1. The first-order valence-corrected chi connectivity index (χ1v) is 27.8. The van der Waals surface area contributed by atoms with E-state index >= 15 is 0 Å². The quantitative estimate of drug-likeness (QED) is 0.0150. The van der Waals surface area contributed by atoms with Crippen LogP contribution in [-0.4, -0.2) is 119 Å². The minimum atomic E-state index is -5.51. The summed E-state index contributed by atoms with van der Waals surface area (Å²) in [5.41, 5.74) is 4.55. The molecule has 1 fully saturated rings. The number of phosphoric ester groups is 2. The SMILES string of the molecule is CCCCC[C@H](O)/C=C/C=C\C=C\C=C\[C@H](O)[C@@H](O)CCCC(=O)O[C@H](COC(=O)CCCCCCCCCCCCC(C)C)COP(=O)(O)OP(=O)(O)OC[C@H]1O[C@@H](n2ccc(N)nc2=O)[C@H](O)[C@@H]1O. The minimum absolute atomic E-state index is 0.0309. The summed E-state index contributed by atoms with van der Waals surface area (Å²) >= 11 is 0. The number of ether oxygens (including phenoxy) is 3. The van der Waals surface area contributed by atoms with E-state index in [1.807, 2.05) is 0 Å². The van der Waals surface area contributed by atoms with Crippen LogP contribution in [-0.2, 0) is 46.3 Å². The van der Waals surface area contributed by atoms with Crippen molar-refractivity contribution in [2.45, 2.75) is 192 Å². The molecule has 23 heteroatoms. The normalized spacial score (nSPS) is 21.0. The van der Waals surface area contributed by atoms with Gasteiger partial charge in [0.1, 0.15) is 30.7 Å². The van der Waals surface area contributed by atoms with Gasteiger partial charge in [0, 0.05) is 19.0 Å². The van der Waals surface area contributed by atoms with E-state index in [1.165, 1.54) is 56.7 Å². The van der Waals surface area contributed by atoms with Crippen LogP contribution in [0.3, 0.4) is 0 Å². The van der Waals surface area contributed by atoms with Crippen LogP contribution in [0.4, 0.5) is 5.82 Å². The van der Waals surface area contributed by atoms with E-state index in [0.29, 0.717) is 12.8 Å². The summed E-state index contributed by atoms with van der Waals surface area (Å²) in [5.74, 6) is -0.917. The molecule has 71 heavy (non-hydrogen) atoms. The highest BCUT2D eigenvalue weighted by atomic mass is 31.3. The molecule has 1 aliphatic heterocycles. The number of aliphatic hydroxyl groups is 5. The molecule has 1 aromatic heterocycles. The van der Waals surface area contributed by atoms with Gasteiger partial charge in [-0.3, -0.25) is 23.2 Å². The Morgan fingerprint density at radius 2 is 1.34 bits per heavy atom. The Morgan fingerprint density at radius 3 is 1.97 bits per heavy atom. The average Bonchev–Trinajstić information content (AvgIpc) is 3.58. The number of hydrogen-bond donors (Lipinski definition) is 8. The molecule has 0 bridgehead atoms. The van der Waals surface area contributed by atoms with Crippen molar-refractivity contribution in [3.8, 4) is 0 Å². The molecule has 0 aromatic carbocycles. The van der Waals surface area contributed by atoms with Gasteiger partial charge in [0.05, 0.1) is 31.5 Å². The van der Waals surface area contributed by atoms with Crippen LogP contribution in [0.5, 0.6) is 0 Å². The lowest BCUT2D eigenvalue weighted by Crippen LogP contribution is -2.36. The topological polar surface area (TPSA) is 326 Å². The molecule has 0 spiro atoms. The molecule has 9 N–H and O–H groups in total. The number of nitrogen functional groups attached to an aromatic ring is 1. The van der Waals surface area contributed by atoms with Gasteiger partial charge >= 0.3 is 33.3 Å². The second-order valence-corrected chi connectivity index (χ2v) is 21.1. The lowest BCUT2D eigenvalue weighted by atomic mass is 10.0. The number of rotatable bonds is 39. The Bertz CT molecular complexity index is 1950. The standard InChI is InChI=1S/C48H81N3O18P2/c1-4-5-18-25-37(52)26-20-15-12-13-16-21-27-39(53)40(54)28-23-30-44(56)67-38(33-64-43(55)29-22-17-11-9-7-6-8-10-14-19-24-36(2)3)34-65-70(60,61)69-71(62,63)66-35-41-45(57)46(58)47(68-41)51-32-31-42(49)50-48(51)59/h12-13,15-16,20-21,26-27,31-32,36-41,45-47,52-54,57-58H,4-11,14,17-19,22-25,28-30,33-35H2,1-3H3,(H,60,61)(H,62,63)(H2,49,50,59)/b15-12-,16-13+,26-20+,27-21+/t37-,38+,39-,40-,41+,45+,46+,47+/m0/s1. The fourth-order valence-corrected chi connectivity index (χ4v) is 9.29. The fourth-order valence-electron chi connectivity index (χ4n) is 7.18. The van der Waals surface area contributed by atoms with Gasteiger partial charge in [-0.05, 0) is 37.7 Å². The molecule has 1 saturated heterocycles. The lowest BCUT2D eigenvalue weighted by Gasteiger charge is -2.21. The molecule has 2 rings (SSSR count). The number of anilines is 1. The van der Waals surface area contributed by atoms with E-state index in [4.69, 9.17) is 29.0 Å². The van der Waals surface area contributed by atoms with Crippen LogP contribution in [0.15, 0.2) is 65.7 Å². The third-order valence-corrected chi connectivity index (χ3v) is 13.8. The first-order valence-electron chi connectivity index (χ1n) is 24.8. The summed E-state index contributed by atoms with van der Waals surface area (Å²) in [7, 11) is -11.0. The monoisotopic (exact) mass is 1050 g/mol. The maximum absolute atomic E-state index is 12.9. The number of aliphatic hydroxyl groups excluding tert-OH is 5. The highest BCUT2D eigenvalue weighted by molar-refractivity contribution is 7.61. The molecule has 0 aliphatic carbocycles. The largest absolute Gasteiger partial charge is 0.481 e. The van der Waals surface area contributed by atoms with Gasteiger partial charge in [0.25, 0.3) is 0 Å². The van der Waals surface area contributed by atoms with Crippen molar-refractivity contribution in [3.63, 3.8) is 0 Å². The average molecular weight is 1050 g/mol. The van der Waals surface area contributed by atoms with Gasteiger partial charge in [0.15, 0.2) is 12.3 Å². The Hall–Kier alpha value is -3.40. The van der Waals surface area contributed by atoms with Gasteiger partial charge in [0.2, 0.25) is 0 Å². The Balaban J connectivity index is 1.91. The molecule has 1 aromatic rings. The van der Waals surface area contributed by atoms with E-state index in [0.717, 1.165) is 61.6 Å². The molecule has 0 saturated carbocycles. The molecule has 2 heterocycles. The van der Waals surface area contributed by atoms with E-state index < -0.39 is 102 Å². The van der Waals surface area contributed by atoms with Crippen LogP contribution < -0.4 is 11.4 Å². The second kappa shape index (κ2) is 35.7. The zero-order valence-corrected chi connectivity index (χ0v) is 43.3. The third-order valence-electron chi connectivity index (χ3n) is 11.2. The van der Waals surface area contributed by atoms with Crippen LogP contribution in [0.25, 0.3) is 0 Å². The van der Waals surface area contributed by atoms with Crippen molar-refractivity contribution >= 4 is 33.4 Å². The number of unbranched alkanes of at least 4 members (excludes halogenated alkanes) is 11. The molecular weight excluding hydrogens is 968 g/mol. The summed E-state index contributed by atoms with van der Waals surface area (Å²) < 4.78 is 56.4. The zero-order valence-electron chi connectivity index (χ0n) is 41.5. The molecule has 0 radical (unpaired) electrons. The molecule has 10 atom stereocenters. The maximum atomic E-state index is 12.9. The van der Waals surface area contributed by atoms with E-state index in [2.05, 4.69) is 30.1 Å². The lowest BCUT2D eigenvalue weighted by molar-refractivity contribution is -0.161. The third kappa shape index (κ3) is 29.2. The molecule has 1 aliphatic rings. The first-order chi connectivity index (χ1) is 33.7. The smallest absolute Gasteiger partial charge is 0.462 e. The van der Waals surface area contributed by atoms with Crippen LogP contribution in [0, 0.1) is 5.92 Å². The number of phosphoric acid groups is 2. The second-order valence-electron chi connectivity index (χ2n) is 18.0. The minimum Gasteiger partial charge on any atom is -0.462 e. The van der Waals surface area contributed by atoms with Crippen LogP contribution >= 0.6 is 15.6 Å². The number of aromatic nitrogens is 2. The van der Waals surface area contributed by atoms with Gasteiger partial charge < -0.3 is 55.3 Å². The molecule has 406 valence electrons. The fraction of sp³-hybridized carbons (Fsp3) is 0.708. The van der Waals surface area contributed by atoms with E-state index in [1.54, 1.807) is 36.5 Å². The van der Waals surface area contributed by atoms with Crippen molar-refractivity contribution in [1.82, 2.24) is 9.55 Å². The highest BCUT2D eigenvalue weighted by Gasteiger charge is 2.46. The number of nitrogens with zero attached hydrogens (tertiary/aromatic N) is 2. The van der Waals surface area contributed by atoms with Crippen molar-refractivity contribution < 1.29 is 81.6 Å². The Morgan fingerprint density at radius 1 is 0.761 bits per heavy atom. The number of hydrogen-bond acceptors (Lipinski definition) is 18. The molecule has 2 unspecified atom stereocenters. The molecule has 21 nitrogen and oxygen atoms in total. The first kappa shape index (κ1) is 63.7. The number of allylic oxidation sites excluding steroid dienone is 6. The van der Waals surface area contributed by atoms with E-state index in [-0.39, 0.29) is 31.5 Å². The molecule has 0 amide bonds. The van der Waals surface area contributed by atoms with Crippen molar-refractivity contribution in [2.24, 2.45) is 5.92 Å². The molecular formula is C48H81N3O18P2. The number of esters is 2. The Kier molecular flexibility index (Phi) is 32.0.